The fraction of sp³-hybridized carbons (Fsp3) is 0.385. The number of anilines is 2. The molecule has 5 rings (SSSR count). The number of carbonyl (C=O) groups is 4. The van der Waals surface area contributed by atoms with E-state index in [1.54, 1.807) is 25.1 Å². The maximum absolute atomic E-state index is 13.4. The summed E-state index contributed by atoms with van der Waals surface area (Å²) in [5.41, 5.74) is 0.609. The average molecular weight is 555 g/mol. The highest BCUT2D eigenvalue weighted by Gasteiger charge is 2.35. The number of cyclic esters (lactones) is 1. The van der Waals surface area contributed by atoms with E-state index in [1.807, 2.05) is 0 Å². The number of carbonyl (C=O) groups excluding carboxylic acids is 4. The molecule has 12 nitrogen and oxygen atoms in total. The fourth-order valence-electron chi connectivity index (χ4n) is 4.84. The van der Waals surface area contributed by atoms with Gasteiger partial charge in [-0.2, -0.15) is 0 Å². The van der Waals surface area contributed by atoms with Crippen molar-refractivity contribution in [3.05, 3.63) is 46.9 Å². The average Bonchev–Trinajstić information content (AvgIpc) is 3.52. The van der Waals surface area contributed by atoms with Crippen LogP contribution in [0.25, 0.3) is 11.1 Å². The zero-order valence-corrected chi connectivity index (χ0v) is 22.2. The Labute approximate surface area is 228 Å². The molecule has 4 amide bonds. The van der Waals surface area contributed by atoms with Gasteiger partial charge in [0.25, 0.3) is 11.8 Å². The topological polar surface area (TPSA) is 147 Å². The minimum absolute atomic E-state index is 0.0355. The van der Waals surface area contributed by atoms with E-state index in [0.717, 1.165) is 0 Å². The first-order valence-electron chi connectivity index (χ1n) is 12.5. The van der Waals surface area contributed by atoms with E-state index in [1.165, 1.54) is 29.3 Å². The maximum atomic E-state index is 13.4. The van der Waals surface area contributed by atoms with Crippen LogP contribution in [0.4, 0.5) is 16.3 Å². The van der Waals surface area contributed by atoms with E-state index in [9.17, 15) is 19.2 Å². The van der Waals surface area contributed by atoms with E-state index < -0.39 is 5.91 Å². The second-order valence-electron chi connectivity index (χ2n) is 9.67. The van der Waals surface area contributed by atoms with Crippen LogP contribution in [0.1, 0.15) is 46.7 Å². The Morgan fingerprint density at radius 2 is 1.85 bits per heavy atom. The lowest BCUT2D eigenvalue weighted by Gasteiger charge is -2.32. The number of hydrogen-bond donors (Lipinski definition) is 2. The summed E-state index contributed by atoms with van der Waals surface area (Å²) in [6.07, 6.45) is 3.52. The Bertz CT molecular complexity index is 1430. The van der Waals surface area contributed by atoms with Crippen LogP contribution >= 0.6 is 11.6 Å². The van der Waals surface area contributed by atoms with Crippen LogP contribution in [0.3, 0.4) is 0 Å². The molecule has 1 saturated carbocycles. The number of rotatable bonds is 6. The molecule has 0 unspecified atom stereocenters. The van der Waals surface area contributed by atoms with Crippen LogP contribution in [0.15, 0.2) is 34.9 Å². The highest BCUT2D eigenvalue weighted by atomic mass is 35.5. The van der Waals surface area contributed by atoms with Gasteiger partial charge in [-0.3, -0.25) is 14.4 Å². The number of aromatic nitrogens is 2. The molecule has 2 aliphatic rings. The molecule has 1 aliphatic heterocycles. The first kappa shape index (κ1) is 26.4. The molecule has 204 valence electrons. The van der Waals surface area contributed by atoms with Crippen molar-refractivity contribution in [1.29, 1.82) is 0 Å². The van der Waals surface area contributed by atoms with Gasteiger partial charge in [0.15, 0.2) is 5.58 Å². The van der Waals surface area contributed by atoms with E-state index >= 15 is 0 Å². The van der Waals surface area contributed by atoms with Crippen molar-refractivity contribution in [2.45, 2.75) is 31.7 Å². The molecule has 39 heavy (non-hydrogen) atoms. The summed E-state index contributed by atoms with van der Waals surface area (Å²) in [5.74, 6) is -1.58. The van der Waals surface area contributed by atoms with E-state index in [-0.39, 0.29) is 63.9 Å². The largest absolute Gasteiger partial charge is 0.448 e. The Hall–Kier alpha value is -4.19. The number of pyridine rings is 2. The lowest BCUT2D eigenvalue weighted by atomic mass is 9.85. The summed E-state index contributed by atoms with van der Waals surface area (Å²) in [4.78, 5) is 62.6. The van der Waals surface area contributed by atoms with Crippen LogP contribution in [0.5, 0.6) is 0 Å². The third-order valence-corrected chi connectivity index (χ3v) is 7.11. The molecule has 3 aromatic rings. The van der Waals surface area contributed by atoms with Crippen molar-refractivity contribution in [2.75, 3.05) is 37.9 Å². The molecule has 4 heterocycles. The standard InChI is InChI=1S/C26H27ClN6O6/c1-32(2)25(36)17-8-9-18-20(29-17)21(22(39-18)24(35)30-19-10-5-15(27)13-28-19)31-23(34)14-3-6-16(7-4-14)33-11-12-38-26(33)37/h5,8-10,13-14,16H,3-4,6-7,11-12H2,1-2H3,(H,31,34)(H,28,30,35). The SMILES string of the molecule is CN(C)C(=O)c1ccc2oc(C(=O)Nc3ccc(Cl)cn3)c(NC(=O)C3CCC(N4CCOC4=O)CC3)c2n1. The zero-order valence-electron chi connectivity index (χ0n) is 21.4. The summed E-state index contributed by atoms with van der Waals surface area (Å²) in [5, 5.41) is 5.88. The third-order valence-electron chi connectivity index (χ3n) is 6.88. The van der Waals surface area contributed by atoms with Crippen LogP contribution in [0, 0.1) is 5.92 Å². The van der Waals surface area contributed by atoms with Gasteiger partial charge in [-0.15, -0.1) is 0 Å². The summed E-state index contributed by atoms with van der Waals surface area (Å²) in [6.45, 7) is 0.941. The lowest BCUT2D eigenvalue weighted by Crippen LogP contribution is -2.40. The molecule has 1 saturated heterocycles. The van der Waals surface area contributed by atoms with Crippen molar-refractivity contribution in [3.8, 4) is 0 Å². The van der Waals surface area contributed by atoms with Crippen molar-refractivity contribution in [1.82, 2.24) is 19.8 Å². The molecule has 0 atom stereocenters. The predicted molar refractivity (Wildman–Crippen MR) is 142 cm³/mol. The summed E-state index contributed by atoms with van der Waals surface area (Å²) in [7, 11) is 3.20. The van der Waals surface area contributed by atoms with Gasteiger partial charge in [0.2, 0.25) is 11.7 Å². The Kier molecular flexibility index (Phi) is 7.38. The monoisotopic (exact) mass is 554 g/mol. The molecule has 13 heteroatoms. The van der Waals surface area contributed by atoms with E-state index in [2.05, 4.69) is 20.6 Å². The second-order valence-corrected chi connectivity index (χ2v) is 10.1. The summed E-state index contributed by atoms with van der Waals surface area (Å²) < 4.78 is 10.9. The minimum Gasteiger partial charge on any atom is -0.448 e. The quantitative estimate of drug-likeness (QED) is 0.468. The van der Waals surface area contributed by atoms with Crippen LogP contribution in [0.2, 0.25) is 5.02 Å². The summed E-state index contributed by atoms with van der Waals surface area (Å²) in [6, 6.07) is 6.17. The Balaban J connectivity index is 1.40. The van der Waals surface area contributed by atoms with E-state index in [4.69, 9.17) is 20.8 Å². The smallest absolute Gasteiger partial charge is 0.410 e. The molecule has 0 aromatic carbocycles. The number of amides is 4. The van der Waals surface area contributed by atoms with Gasteiger partial charge in [-0.25, -0.2) is 14.8 Å². The first-order valence-corrected chi connectivity index (χ1v) is 12.9. The van der Waals surface area contributed by atoms with Gasteiger partial charge in [0.1, 0.15) is 29.3 Å². The molecule has 0 bridgehead atoms. The van der Waals surface area contributed by atoms with Gasteiger partial charge in [-0.05, 0) is 49.9 Å². The molecule has 2 fully saturated rings. The zero-order chi connectivity index (χ0) is 27.7. The minimum atomic E-state index is -0.658. The van der Waals surface area contributed by atoms with Crippen LogP contribution in [-0.4, -0.2) is 76.9 Å². The Morgan fingerprint density at radius 3 is 2.49 bits per heavy atom. The van der Waals surface area contributed by atoms with Crippen LogP contribution in [-0.2, 0) is 9.53 Å². The molecular weight excluding hydrogens is 528 g/mol. The van der Waals surface area contributed by atoms with Gasteiger partial charge in [-0.1, -0.05) is 11.6 Å². The number of fused-ring (bicyclic) bond motifs is 1. The highest BCUT2D eigenvalue weighted by molar-refractivity contribution is 6.30. The molecular formula is C26H27ClN6O6. The lowest BCUT2D eigenvalue weighted by molar-refractivity contribution is -0.121. The second kappa shape index (κ2) is 10.9. The third kappa shape index (κ3) is 5.51. The predicted octanol–water partition coefficient (Wildman–Crippen LogP) is 3.78. The van der Waals surface area contributed by atoms with Crippen molar-refractivity contribution in [2.24, 2.45) is 5.92 Å². The number of halogens is 1. The highest BCUT2D eigenvalue weighted by Crippen LogP contribution is 2.34. The van der Waals surface area contributed by atoms with Crippen LogP contribution < -0.4 is 10.6 Å². The number of ether oxygens (including phenoxy) is 1. The molecule has 3 aromatic heterocycles. The maximum Gasteiger partial charge on any atom is 0.410 e. The first-order chi connectivity index (χ1) is 18.7. The molecule has 0 radical (unpaired) electrons. The molecule has 2 N–H and O–H groups in total. The number of furan rings is 1. The molecule has 1 aliphatic carbocycles. The van der Waals surface area contributed by atoms with Crippen molar-refractivity contribution in [3.63, 3.8) is 0 Å². The fourth-order valence-corrected chi connectivity index (χ4v) is 4.95. The summed E-state index contributed by atoms with van der Waals surface area (Å²) >= 11 is 5.88. The normalized spacial score (nSPS) is 19.1. The molecule has 0 spiro atoms. The number of hydrogen-bond acceptors (Lipinski definition) is 8. The van der Waals surface area contributed by atoms with Crippen molar-refractivity contribution >= 4 is 58.0 Å². The van der Waals surface area contributed by atoms with Gasteiger partial charge in [0.05, 0.1) is 11.6 Å². The Morgan fingerprint density at radius 1 is 1.08 bits per heavy atom. The van der Waals surface area contributed by atoms with Crippen molar-refractivity contribution < 1.29 is 28.3 Å². The van der Waals surface area contributed by atoms with Gasteiger partial charge < -0.3 is 29.6 Å². The van der Waals surface area contributed by atoms with Gasteiger partial charge in [0, 0.05) is 32.3 Å². The van der Waals surface area contributed by atoms with Gasteiger partial charge >= 0.3 is 6.09 Å². The number of nitrogens with one attached hydrogen (secondary N) is 2. The van der Waals surface area contributed by atoms with E-state index in [0.29, 0.717) is 43.9 Å². The number of nitrogens with zero attached hydrogens (tertiary/aromatic N) is 4.